The summed E-state index contributed by atoms with van der Waals surface area (Å²) in [6, 6.07) is 7.82. The van der Waals surface area contributed by atoms with Crippen molar-refractivity contribution >= 4 is 5.97 Å². The lowest BCUT2D eigenvalue weighted by Gasteiger charge is -2.38. The number of carboxylic acids is 1. The van der Waals surface area contributed by atoms with Gasteiger partial charge in [-0.3, -0.25) is 4.90 Å². The molecule has 2 rings (SSSR count). The molecular weight excluding hydrogens is 254 g/mol. The van der Waals surface area contributed by atoms with E-state index in [0.29, 0.717) is 18.7 Å². The number of hydrogen-bond acceptors (Lipinski definition) is 3. The first-order valence-electron chi connectivity index (χ1n) is 7.30. The van der Waals surface area contributed by atoms with Crippen LogP contribution in [0.3, 0.4) is 0 Å². The lowest BCUT2D eigenvalue weighted by Crippen LogP contribution is -2.45. The summed E-state index contributed by atoms with van der Waals surface area (Å²) in [6.45, 7) is 6.11. The number of carbonyl (C=O) groups is 1. The Morgan fingerprint density at radius 2 is 1.85 bits per heavy atom. The van der Waals surface area contributed by atoms with Crippen LogP contribution < -0.4 is 4.74 Å². The number of rotatable bonds is 5. The smallest absolute Gasteiger partial charge is 0.335 e. The molecule has 1 fully saturated rings. The van der Waals surface area contributed by atoms with E-state index < -0.39 is 5.97 Å². The predicted octanol–water partition coefficient (Wildman–Crippen LogP) is 3.03. The number of piperidine rings is 1. The minimum Gasteiger partial charge on any atom is -0.492 e. The molecule has 0 radical (unpaired) electrons. The van der Waals surface area contributed by atoms with E-state index in [1.165, 1.54) is 19.3 Å². The first-order chi connectivity index (χ1) is 9.58. The molecule has 0 amide bonds. The minimum absolute atomic E-state index is 0.288. The maximum absolute atomic E-state index is 10.8. The van der Waals surface area contributed by atoms with Gasteiger partial charge in [0.2, 0.25) is 0 Å². The molecule has 110 valence electrons. The Kier molecular flexibility index (Phi) is 5.01. The highest BCUT2D eigenvalue weighted by atomic mass is 16.5. The van der Waals surface area contributed by atoms with Gasteiger partial charge in [-0.05, 0) is 51.0 Å². The Morgan fingerprint density at radius 1 is 1.25 bits per heavy atom. The van der Waals surface area contributed by atoms with Gasteiger partial charge in [-0.15, -0.1) is 0 Å². The quantitative estimate of drug-likeness (QED) is 0.898. The summed E-state index contributed by atoms with van der Waals surface area (Å²) in [5, 5.41) is 8.83. The molecule has 1 aliphatic rings. The largest absolute Gasteiger partial charge is 0.492 e. The fraction of sp³-hybridized carbons (Fsp3) is 0.562. The van der Waals surface area contributed by atoms with Crippen LogP contribution in [0, 0.1) is 0 Å². The zero-order valence-electron chi connectivity index (χ0n) is 12.2. The van der Waals surface area contributed by atoms with Gasteiger partial charge in [-0.2, -0.15) is 0 Å². The van der Waals surface area contributed by atoms with Crippen molar-refractivity contribution in [1.82, 2.24) is 4.90 Å². The summed E-state index contributed by atoms with van der Waals surface area (Å²) in [6.07, 6.45) is 3.84. The van der Waals surface area contributed by atoms with Crippen LogP contribution in [0.25, 0.3) is 0 Å². The second-order valence-corrected chi connectivity index (χ2v) is 5.54. The van der Waals surface area contributed by atoms with E-state index in [-0.39, 0.29) is 5.56 Å². The third-order valence-electron chi connectivity index (χ3n) is 4.10. The van der Waals surface area contributed by atoms with E-state index >= 15 is 0 Å². The average molecular weight is 277 g/mol. The molecule has 1 aliphatic heterocycles. The van der Waals surface area contributed by atoms with Gasteiger partial charge in [-0.25, -0.2) is 4.79 Å². The Morgan fingerprint density at radius 3 is 2.40 bits per heavy atom. The number of hydrogen-bond donors (Lipinski definition) is 1. The number of benzene rings is 1. The Bertz CT molecular complexity index is 434. The molecule has 1 aromatic rings. The molecule has 4 heteroatoms. The van der Waals surface area contributed by atoms with Crippen molar-refractivity contribution in [3.8, 4) is 5.75 Å². The monoisotopic (exact) mass is 277 g/mol. The van der Waals surface area contributed by atoms with Crippen LogP contribution in [0.4, 0.5) is 0 Å². The summed E-state index contributed by atoms with van der Waals surface area (Å²) < 4.78 is 5.71. The van der Waals surface area contributed by atoms with Crippen LogP contribution in [0.5, 0.6) is 5.75 Å². The van der Waals surface area contributed by atoms with Crippen molar-refractivity contribution in [1.29, 1.82) is 0 Å². The summed E-state index contributed by atoms with van der Waals surface area (Å²) >= 11 is 0. The fourth-order valence-corrected chi connectivity index (χ4v) is 2.88. The van der Waals surface area contributed by atoms with Crippen molar-refractivity contribution in [2.75, 3.05) is 13.2 Å². The normalized spacial score (nSPS) is 23.5. The number of likely N-dealkylation sites (tertiary alicyclic amines) is 1. The Labute approximate surface area is 120 Å². The molecule has 1 N–H and O–H groups in total. The van der Waals surface area contributed by atoms with Crippen molar-refractivity contribution in [2.45, 2.75) is 45.2 Å². The van der Waals surface area contributed by atoms with Crippen LogP contribution in [-0.4, -0.2) is 41.2 Å². The van der Waals surface area contributed by atoms with Crippen molar-refractivity contribution in [3.63, 3.8) is 0 Å². The summed E-state index contributed by atoms with van der Waals surface area (Å²) in [4.78, 5) is 13.3. The number of nitrogens with zero attached hydrogens (tertiary/aromatic N) is 1. The lowest BCUT2D eigenvalue weighted by atomic mass is 9.98. The molecule has 0 unspecified atom stereocenters. The maximum atomic E-state index is 10.8. The van der Waals surface area contributed by atoms with Crippen molar-refractivity contribution < 1.29 is 14.6 Å². The van der Waals surface area contributed by atoms with Gasteiger partial charge in [0, 0.05) is 18.6 Å². The lowest BCUT2D eigenvalue weighted by molar-refractivity contribution is 0.0696. The standard InChI is InChI=1S/C16H23NO3/c1-12-4-3-5-13(2)17(12)10-11-20-15-8-6-14(7-9-15)16(18)19/h6-9,12-13H,3-5,10-11H2,1-2H3,(H,18,19)/t12-,13+. The topological polar surface area (TPSA) is 49.8 Å². The molecule has 20 heavy (non-hydrogen) atoms. The van der Waals surface area contributed by atoms with Gasteiger partial charge in [0.05, 0.1) is 5.56 Å². The molecule has 0 aliphatic carbocycles. The summed E-state index contributed by atoms with van der Waals surface area (Å²) in [5.41, 5.74) is 0.288. The zero-order chi connectivity index (χ0) is 14.5. The van der Waals surface area contributed by atoms with Gasteiger partial charge in [-0.1, -0.05) is 6.42 Å². The molecule has 1 saturated heterocycles. The van der Waals surface area contributed by atoms with Crippen LogP contribution in [0.15, 0.2) is 24.3 Å². The average Bonchev–Trinajstić information content (AvgIpc) is 2.42. The fourth-order valence-electron chi connectivity index (χ4n) is 2.88. The molecule has 0 spiro atoms. The molecule has 1 aromatic carbocycles. The summed E-state index contributed by atoms with van der Waals surface area (Å²) in [5.74, 6) is -0.181. The van der Waals surface area contributed by atoms with Crippen LogP contribution in [-0.2, 0) is 0 Å². The Hall–Kier alpha value is -1.55. The Balaban J connectivity index is 1.81. The van der Waals surface area contributed by atoms with Crippen LogP contribution >= 0.6 is 0 Å². The second kappa shape index (κ2) is 6.75. The highest BCUT2D eigenvalue weighted by molar-refractivity contribution is 5.87. The minimum atomic E-state index is -0.910. The van der Waals surface area contributed by atoms with Gasteiger partial charge >= 0.3 is 5.97 Å². The molecule has 2 atom stereocenters. The van der Waals surface area contributed by atoms with E-state index in [1.54, 1.807) is 24.3 Å². The van der Waals surface area contributed by atoms with E-state index in [4.69, 9.17) is 9.84 Å². The number of aromatic carboxylic acids is 1. The first-order valence-corrected chi connectivity index (χ1v) is 7.30. The van der Waals surface area contributed by atoms with Gasteiger partial charge in [0.1, 0.15) is 12.4 Å². The molecule has 0 bridgehead atoms. The van der Waals surface area contributed by atoms with Crippen molar-refractivity contribution in [3.05, 3.63) is 29.8 Å². The van der Waals surface area contributed by atoms with Gasteiger partial charge < -0.3 is 9.84 Å². The molecule has 0 saturated carbocycles. The highest BCUT2D eigenvalue weighted by Crippen LogP contribution is 2.22. The van der Waals surface area contributed by atoms with Crippen molar-refractivity contribution in [2.24, 2.45) is 0 Å². The SMILES string of the molecule is C[C@@H]1CCC[C@H](C)N1CCOc1ccc(C(=O)O)cc1. The highest BCUT2D eigenvalue weighted by Gasteiger charge is 2.23. The molecule has 0 aromatic heterocycles. The number of carboxylic acid groups (broad SMARTS) is 1. The van der Waals surface area contributed by atoms with E-state index in [2.05, 4.69) is 18.7 Å². The molecule has 4 nitrogen and oxygen atoms in total. The number of ether oxygens (including phenoxy) is 1. The summed E-state index contributed by atoms with van der Waals surface area (Å²) in [7, 11) is 0. The van der Waals surface area contributed by atoms with E-state index in [1.807, 2.05) is 0 Å². The van der Waals surface area contributed by atoms with Crippen LogP contribution in [0.1, 0.15) is 43.5 Å². The second-order valence-electron chi connectivity index (χ2n) is 5.54. The third-order valence-corrected chi connectivity index (χ3v) is 4.10. The predicted molar refractivity (Wildman–Crippen MR) is 78.4 cm³/mol. The zero-order valence-corrected chi connectivity index (χ0v) is 12.2. The molecular formula is C16H23NO3. The van der Waals surface area contributed by atoms with Gasteiger partial charge in [0.25, 0.3) is 0 Å². The third kappa shape index (κ3) is 3.73. The van der Waals surface area contributed by atoms with E-state index in [9.17, 15) is 4.79 Å². The molecule has 1 heterocycles. The van der Waals surface area contributed by atoms with Gasteiger partial charge in [0.15, 0.2) is 0 Å². The van der Waals surface area contributed by atoms with Crippen LogP contribution in [0.2, 0.25) is 0 Å². The van der Waals surface area contributed by atoms with E-state index in [0.717, 1.165) is 12.3 Å². The first kappa shape index (κ1) is 14.9. The maximum Gasteiger partial charge on any atom is 0.335 e.